The van der Waals surface area contributed by atoms with Crippen molar-refractivity contribution in [3.8, 4) is 34.9 Å². The fourth-order valence-electron chi connectivity index (χ4n) is 9.42. The zero-order chi connectivity index (χ0) is 73.3. The third-order valence-electron chi connectivity index (χ3n) is 13.6. The zero-order valence-corrected chi connectivity index (χ0v) is 54.9. The van der Waals surface area contributed by atoms with Crippen molar-refractivity contribution < 1.29 is 117 Å². The number of rotatable bonds is 24. The summed E-state index contributed by atoms with van der Waals surface area (Å²) in [5, 5.41) is 68.6. The maximum Gasteiger partial charge on any atom is 0.444 e. The van der Waals surface area contributed by atoms with Gasteiger partial charge >= 0.3 is 70.4 Å². The molecule has 11 aromatic rings. The zero-order valence-electron chi connectivity index (χ0n) is 50.0. The molecule has 40 nitrogen and oxygen atoms in total. The van der Waals surface area contributed by atoms with Gasteiger partial charge in [0, 0.05) is 28.2 Å². The van der Waals surface area contributed by atoms with Crippen molar-refractivity contribution in [2.75, 3.05) is 21.3 Å². The number of aromatic nitrogens is 8. The molecule has 522 valence electrons. The highest BCUT2D eigenvalue weighted by atomic mass is 32.2. The molecule has 0 spiro atoms. The Labute approximate surface area is 575 Å². The van der Waals surface area contributed by atoms with E-state index in [4.69, 9.17) is 8.37 Å². The lowest BCUT2D eigenvalue weighted by atomic mass is 10.1. The number of carboxylic acid groups (broad SMARTS) is 2. The van der Waals surface area contributed by atoms with Gasteiger partial charge in [0.2, 0.25) is 0 Å². The van der Waals surface area contributed by atoms with E-state index in [1.54, 1.807) is 0 Å². The number of pyridine rings is 2. The molecule has 0 aliphatic heterocycles. The summed E-state index contributed by atoms with van der Waals surface area (Å²) in [6.07, 6.45) is 4.90. The fourth-order valence-corrected chi connectivity index (χ4v) is 12.4. The van der Waals surface area contributed by atoms with Gasteiger partial charge in [-0.05, 0) is 134 Å². The minimum Gasteiger partial charge on any atom is -0.505 e. The maximum atomic E-state index is 12.9. The molecule has 0 fully saturated rings. The van der Waals surface area contributed by atoms with Crippen molar-refractivity contribution >= 4 is 166 Å². The summed E-state index contributed by atoms with van der Waals surface area (Å²) in [5.74, 6) is -8.48. The van der Waals surface area contributed by atoms with Crippen LogP contribution in [0, 0.1) is 0 Å². The number of benzene rings is 7. The van der Waals surface area contributed by atoms with Crippen LogP contribution in [0.25, 0.3) is 33.4 Å². The third kappa shape index (κ3) is 16.2. The first kappa shape index (κ1) is 71.1. The van der Waals surface area contributed by atoms with E-state index in [2.05, 4.69) is 71.6 Å². The van der Waals surface area contributed by atoms with Gasteiger partial charge in [0.05, 0.1) is 52.2 Å². The highest BCUT2D eigenvalue weighted by Gasteiger charge is 2.30. The number of aromatic hydroxyl groups is 2. The second-order valence-corrected chi connectivity index (χ2v) is 27.2. The molecule has 0 saturated carbocycles. The van der Waals surface area contributed by atoms with Crippen LogP contribution in [0.2, 0.25) is 0 Å². The maximum absolute atomic E-state index is 12.9. The molecule has 4 heterocycles. The van der Waals surface area contributed by atoms with Crippen LogP contribution in [-0.4, -0.2) is 132 Å². The average Bonchev–Trinajstić information content (AvgIpc) is 0.756. The van der Waals surface area contributed by atoms with Gasteiger partial charge in [-0.15, -0.1) is 30.4 Å². The second kappa shape index (κ2) is 28.2. The molecule has 2 unspecified atom stereocenters. The number of fused-ring (bicyclic) bond motifs is 2. The van der Waals surface area contributed by atoms with Crippen LogP contribution < -0.4 is 38.8 Å². The molecule has 11 rings (SSSR count). The second-order valence-electron chi connectivity index (χ2n) is 20.4. The first-order chi connectivity index (χ1) is 48.1. The molecule has 4 aromatic heterocycles. The van der Waals surface area contributed by atoms with Crippen molar-refractivity contribution in [1.82, 2.24) is 29.9 Å². The van der Waals surface area contributed by atoms with E-state index in [0.717, 1.165) is 82.2 Å². The topological polar surface area (TPSA) is 608 Å². The normalized spacial score (nSPS) is 12.7. The fraction of sp³-hybridized carbons (Fsp3) is 0. The Kier molecular flexibility index (Phi) is 19.6. The lowest BCUT2D eigenvalue weighted by molar-refractivity contribution is -0.604. The van der Waals surface area contributed by atoms with E-state index in [1.807, 2.05) is 0 Å². The number of nitrogens with zero attached hydrogens (tertiary/aromatic N) is 12. The molecule has 46 heteroatoms. The van der Waals surface area contributed by atoms with Crippen LogP contribution in [-0.2, 0) is 63.2 Å². The monoisotopic (exact) mass is 1510 g/mol. The molecule has 2 atom stereocenters. The summed E-state index contributed by atoms with van der Waals surface area (Å²) in [4.78, 5) is 47.2. The summed E-state index contributed by atoms with van der Waals surface area (Å²) in [6, 6.07) is 25.1. The van der Waals surface area contributed by atoms with Crippen LogP contribution in [0.15, 0.2) is 198 Å². The molecule has 0 bridgehead atoms. The van der Waals surface area contributed by atoms with Gasteiger partial charge in [-0.3, -0.25) is 27.3 Å². The Bertz CT molecular complexity index is 5930. The van der Waals surface area contributed by atoms with Gasteiger partial charge in [-0.1, -0.05) is 24.3 Å². The summed E-state index contributed by atoms with van der Waals surface area (Å²) >= 11 is -6.25. The summed E-state index contributed by atoms with van der Waals surface area (Å²) in [5.41, 5.74) is -3.90. The number of hydrogen-bond donors (Lipinski definition) is 14. The number of carbonyl (C=O) groups is 2. The first-order valence-corrected chi connectivity index (χ1v) is 35.3. The SMILES string of the molecule is O=C(O)c1ccc[n+](-c2nc(Nc3ccc(Nc4nc(Nc5cc(OS(=O)O)cc6cc(S(=O)(=O)O)c(N=Nc7ccccc7S(=O)(=O)O)c(O)c56)nc(-[n+]5cccc(C(=O)O)c5)n4)cc3)nc(Nc3cc(S(=O)(=O)O)cc4cc(OS(=O)O)c(N=Nc5ccccc5S(=O)(=O)O)c(O)c34)n2)c1. The standard InChI is InChI=1S/C56H38N16O24S6/c73-47-44-30(21-39(96-98(81)82)45(47)69-67-35-9-1-3-11-40(35)100(86,87)88)20-34(99(83,84)85)24-38(44)60-54-62-52(64-56(66-54)72-18-6-8-28(26-72)50(77)78)58-32-15-13-31(14-16-32)57-51-61-53(65-55(63-51)71-17-5-7-27(25-71)49(75)76)59-37-23-33(95-97(79)80)19-29-22-42(102(92,93)94)46(48(74)43(29)37)70-68-36-10-2-4-12-41(36)101(89,90)91/h1-26H,(H12-2,57,58,59,60,61,62,63,64,65,66,67,68,69,70,73,74,75,76,77,78,79,80,81,82,83,84,85,86,87,88,89,90,91,92,93,94)/p+2. The molecule has 14 N–H and O–H groups in total. The molecule has 0 radical (unpaired) electrons. The predicted molar refractivity (Wildman–Crippen MR) is 351 cm³/mol. The number of hydrogen-bond acceptors (Lipinski definition) is 30. The van der Waals surface area contributed by atoms with E-state index in [1.165, 1.54) is 85.2 Å². The molecular formula is C56H40N16O24S6+2. The number of carboxylic acids is 2. The van der Waals surface area contributed by atoms with Gasteiger partial charge < -0.3 is 50.1 Å². The number of aromatic carboxylic acids is 2. The average molecular weight is 1510 g/mol. The minimum atomic E-state index is -5.39. The van der Waals surface area contributed by atoms with Crippen LogP contribution >= 0.6 is 0 Å². The molecule has 102 heavy (non-hydrogen) atoms. The number of phenols is 2. The van der Waals surface area contributed by atoms with Crippen molar-refractivity contribution in [1.29, 1.82) is 0 Å². The molecular weight excluding hydrogens is 1470 g/mol. The van der Waals surface area contributed by atoms with E-state index in [0.29, 0.717) is 0 Å². The van der Waals surface area contributed by atoms with Gasteiger partial charge in [0.15, 0.2) is 22.9 Å². The van der Waals surface area contributed by atoms with Crippen LogP contribution in [0.1, 0.15) is 20.7 Å². The van der Waals surface area contributed by atoms with Crippen LogP contribution in [0.4, 0.5) is 69.3 Å². The summed E-state index contributed by atoms with van der Waals surface area (Å²) in [7, 11) is -20.5. The predicted octanol–water partition coefficient (Wildman–Crippen LogP) is 7.55. The van der Waals surface area contributed by atoms with E-state index >= 15 is 0 Å². The number of anilines is 8. The molecule has 7 aromatic carbocycles. The van der Waals surface area contributed by atoms with E-state index in [-0.39, 0.29) is 62.8 Å². The Morgan fingerprint density at radius 2 is 0.873 bits per heavy atom. The van der Waals surface area contributed by atoms with Crippen molar-refractivity contribution in [2.45, 2.75) is 19.6 Å². The molecule has 0 aliphatic carbocycles. The van der Waals surface area contributed by atoms with Crippen molar-refractivity contribution in [2.24, 2.45) is 20.5 Å². The Morgan fingerprint density at radius 1 is 0.451 bits per heavy atom. The first-order valence-electron chi connectivity index (χ1n) is 27.5. The number of nitrogens with one attached hydrogen (secondary N) is 4. The van der Waals surface area contributed by atoms with Gasteiger partial charge in [0.1, 0.15) is 37.5 Å². The van der Waals surface area contributed by atoms with Gasteiger partial charge in [0.25, 0.3) is 40.5 Å². The number of phenolic OH excluding ortho intramolecular Hbond substituents is 2. The molecule has 0 aliphatic rings. The third-order valence-corrected chi connectivity index (χ3v) is 17.8. The molecule has 0 saturated heterocycles. The van der Waals surface area contributed by atoms with Crippen LogP contribution in [0.3, 0.4) is 0 Å². The smallest absolute Gasteiger partial charge is 0.444 e. The Hall–Kier alpha value is -12.2. The Morgan fingerprint density at radius 3 is 1.31 bits per heavy atom. The van der Waals surface area contributed by atoms with E-state index in [9.17, 15) is 99.4 Å². The lowest BCUT2D eigenvalue weighted by Gasteiger charge is -2.15. The minimum absolute atomic E-state index is 0.166. The van der Waals surface area contributed by atoms with Crippen molar-refractivity contribution in [3.05, 3.63) is 169 Å². The lowest BCUT2D eigenvalue weighted by Crippen LogP contribution is -2.34. The highest BCUT2D eigenvalue weighted by Crippen LogP contribution is 2.49. The van der Waals surface area contributed by atoms with Gasteiger partial charge in [-0.25, -0.2) is 18.7 Å². The quantitative estimate of drug-likeness (QED) is 0.0120. The van der Waals surface area contributed by atoms with E-state index < -0.39 is 169 Å². The summed E-state index contributed by atoms with van der Waals surface area (Å²) in [6.45, 7) is 0. The van der Waals surface area contributed by atoms with Crippen molar-refractivity contribution in [3.63, 3.8) is 0 Å². The summed E-state index contributed by atoms with van der Waals surface area (Å²) < 4.78 is 196. The van der Waals surface area contributed by atoms with Gasteiger partial charge in [-0.2, -0.15) is 42.1 Å². The highest BCUT2D eigenvalue weighted by molar-refractivity contribution is 7.86. The molecule has 0 amide bonds. The van der Waals surface area contributed by atoms with Crippen LogP contribution in [0.5, 0.6) is 23.0 Å². The Balaban J connectivity index is 0.985. The number of azo groups is 2. The largest absolute Gasteiger partial charge is 0.505 e.